The van der Waals surface area contributed by atoms with Crippen LogP contribution in [0.25, 0.3) is 0 Å². The Labute approximate surface area is 147 Å². The molecule has 3 aliphatic heterocycles. The second-order valence-corrected chi connectivity index (χ2v) is 6.37. The van der Waals surface area contributed by atoms with Crippen LogP contribution in [0, 0.1) is 0 Å². The Morgan fingerprint density at radius 2 is 2.12 bits per heavy atom. The van der Waals surface area contributed by atoms with Gasteiger partial charge in [0.2, 0.25) is 5.79 Å². The lowest BCUT2D eigenvalue weighted by Crippen LogP contribution is -2.77. The fourth-order valence-corrected chi connectivity index (χ4v) is 3.48. The molecule has 26 heavy (non-hydrogen) atoms. The van der Waals surface area contributed by atoms with Crippen molar-refractivity contribution in [2.24, 2.45) is 21.5 Å². The van der Waals surface area contributed by atoms with Gasteiger partial charge in [0.15, 0.2) is 23.7 Å². The molecule has 0 unspecified atom stereocenters. The van der Waals surface area contributed by atoms with Crippen LogP contribution >= 0.6 is 0 Å². The number of nitrogens with two attached hydrogens (primary N) is 2. The molecule has 1 spiro atoms. The number of guanidine groups is 2. The van der Waals surface area contributed by atoms with Gasteiger partial charge < -0.3 is 41.5 Å². The van der Waals surface area contributed by atoms with E-state index in [1.54, 1.807) is 0 Å². The third-order valence-corrected chi connectivity index (χ3v) is 4.65. The average Bonchev–Trinajstić information content (AvgIpc) is 3.02. The maximum atomic E-state index is 11.7. The van der Waals surface area contributed by atoms with Crippen LogP contribution < -0.4 is 16.8 Å². The summed E-state index contributed by atoms with van der Waals surface area (Å²) in [6, 6.07) is -1.83. The van der Waals surface area contributed by atoms with Gasteiger partial charge in [-0.1, -0.05) is 5.04 Å². The van der Waals surface area contributed by atoms with Gasteiger partial charge in [0.25, 0.3) is 0 Å². The number of nitrogens with one attached hydrogen (secondary N) is 1. The molecule has 0 radical (unpaired) electrons. The van der Waals surface area contributed by atoms with Gasteiger partial charge in [0, 0.05) is 14.1 Å². The van der Waals surface area contributed by atoms with Crippen LogP contribution in [0.15, 0.2) is 9.98 Å². The highest BCUT2D eigenvalue weighted by atomic mass is 17.5. The molecule has 3 rings (SSSR count). The molecule has 0 aromatic carbocycles. The Bertz CT molecular complexity index is 654. The van der Waals surface area contributed by atoms with Crippen molar-refractivity contribution in [3.8, 4) is 0 Å². The Kier molecular flexibility index (Phi) is 4.32. The summed E-state index contributed by atoms with van der Waals surface area (Å²) >= 11 is 0. The Balaban J connectivity index is 1.95. The maximum absolute atomic E-state index is 11.7. The van der Waals surface area contributed by atoms with Gasteiger partial charge >= 0.3 is 6.09 Å². The first-order chi connectivity index (χ1) is 12.1. The van der Waals surface area contributed by atoms with E-state index in [1.807, 2.05) is 0 Å². The molecular formula is C12H21N7O7. The second-order valence-electron chi connectivity index (χ2n) is 6.37. The number of ether oxygens (including phenoxy) is 1. The number of rotatable bonds is 4. The van der Waals surface area contributed by atoms with Gasteiger partial charge in [-0.2, -0.15) is 4.89 Å². The fourth-order valence-electron chi connectivity index (χ4n) is 3.48. The lowest BCUT2D eigenvalue weighted by Gasteiger charge is -2.48. The summed E-state index contributed by atoms with van der Waals surface area (Å²) in [6.07, 6.45) is -2.04. The summed E-state index contributed by atoms with van der Waals surface area (Å²) in [7, 11) is 3.02. The van der Waals surface area contributed by atoms with Crippen molar-refractivity contribution < 1.29 is 34.9 Å². The van der Waals surface area contributed by atoms with E-state index in [0.29, 0.717) is 0 Å². The van der Waals surface area contributed by atoms with Crippen LogP contribution in [0.2, 0.25) is 0 Å². The van der Waals surface area contributed by atoms with E-state index in [9.17, 15) is 15.0 Å². The molecule has 14 heteroatoms. The highest BCUT2D eigenvalue weighted by Gasteiger charge is 2.74. The molecule has 0 aliphatic carbocycles. The first-order valence-corrected chi connectivity index (χ1v) is 7.63. The molecule has 146 valence electrons. The Hall–Kier alpha value is -2.39. The molecule has 3 heterocycles. The third-order valence-electron chi connectivity index (χ3n) is 4.65. The zero-order valence-electron chi connectivity index (χ0n) is 14.1. The summed E-state index contributed by atoms with van der Waals surface area (Å²) in [6.45, 7) is -0.423. The van der Waals surface area contributed by atoms with Crippen molar-refractivity contribution in [1.82, 2.24) is 15.1 Å². The number of hydrogen-bond acceptors (Lipinski definition) is 13. The number of amides is 1. The molecule has 0 aromatic heterocycles. The molecular weight excluding hydrogens is 354 g/mol. The van der Waals surface area contributed by atoms with Crippen LogP contribution in [0.1, 0.15) is 0 Å². The first-order valence-electron chi connectivity index (χ1n) is 7.63. The summed E-state index contributed by atoms with van der Waals surface area (Å²) in [5, 5.41) is 36.3. The monoisotopic (exact) mass is 375 g/mol. The SMILES string of the molecule is CN(C)C(=O)OC[C@@H]1N=C(N)N2C[C@H](OOO)C(O)(O)[C@@]23NC(N)=N[C@@H]13. The summed E-state index contributed by atoms with van der Waals surface area (Å²) in [4.78, 5) is 27.2. The number of nitrogens with zero attached hydrogens (tertiary/aromatic N) is 4. The number of carbonyl (C=O) groups excluding carboxylic acids is 1. The van der Waals surface area contributed by atoms with E-state index in [0.717, 1.165) is 0 Å². The molecule has 1 amide bonds. The standard InChI is InChI=1S/C12H21N7O7/c1-18(2)10(20)24-4-5-7-11(17-8(13)16-7)12(21,22)6(25-26-23)3-19(11)9(14)15-5/h5-7,21-23H,3-4H2,1-2H3,(H2,14,15)(H3,13,16,17)/t5-,6-,7-,11-/m0/s1. The van der Waals surface area contributed by atoms with Crippen molar-refractivity contribution in [2.45, 2.75) is 29.6 Å². The number of hydrogen-bond donors (Lipinski definition) is 6. The van der Waals surface area contributed by atoms with E-state index in [1.165, 1.54) is 23.9 Å². The lowest BCUT2D eigenvalue weighted by molar-refractivity contribution is -0.522. The van der Waals surface area contributed by atoms with Gasteiger partial charge in [-0.25, -0.2) is 20.0 Å². The zero-order valence-corrected chi connectivity index (χ0v) is 14.1. The minimum Gasteiger partial charge on any atom is -0.447 e. The zero-order chi connectivity index (χ0) is 19.3. The van der Waals surface area contributed by atoms with Crippen molar-refractivity contribution >= 4 is 18.0 Å². The first kappa shape index (κ1) is 18.4. The highest BCUT2D eigenvalue weighted by molar-refractivity contribution is 5.87. The topological polar surface area (TPSA) is 201 Å². The largest absolute Gasteiger partial charge is 0.447 e. The lowest BCUT2D eigenvalue weighted by atomic mass is 9.86. The number of aliphatic imine (C=N–C) groups is 2. The minimum absolute atomic E-state index is 0.0823. The van der Waals surface area contributed by atoms with E-state index >= 15 is 0 Å². The van der Waals surface area contributed by atoms with Crippen molar-refractivity contribution in [3.05, 3.63) is 0 Å². The van der Waals surface area contributed by atoms with Crippen molar-refractivity contribution in [1.29, 1.82) is 0 Å². The molecule has 8 N–H and O–H groups in total. The van der Waals surface area contributed by atoms with E-state index in [4.69, 9.17) is 21.5 Å². The predicted molar refractivity (Wildman–Crippen MR) is 84.2 cm³/mol. The van der Waals surface area contributed by atoms with Gasteiger partial charge in [-0.3, -0.25) is 0 Å². The van der Waals surface area contributed by atoms with Crippen molar-refractivity contribution in [2.75, 3.05) is 27.2 Å². The van der Waals surface area contributed by atoms with Gasteiger partial charge in [0.1, 0.15) is 18.7 Å². The number of aliphatic hydroxyl groups is 2. The molecule has 0 aromatic rings. The van der Waals surface area contributed by atoms with E-state index in [2.05, 4.69) is 25.2 Å². The van der Waals surface area contributed by atoms with Crippen LogP contribution in [-0.4, -0.2) is 100 Å². The van der Waals surface area contributed by atoms with Gasteiger partial charge in [-0.15, -0.1) is 0 Å². The molecule has 0 saturated carbocycles. The molecule has 1 saturated heterocycles. The van der Waals surface area contributed by atoms with Gasteiger partial charge in [0.05, 0.1) is 6.54 Å². The smallest absolute Gasteiger partial charge is 0.409 e. The van der Waals surface area contributed by atoms with Crippen LogP contribution in [0.4, 0.5) is 4.79 Å². The van der Waals surface area contributed by atoms with E-state index < -0.39 is 35.7 Å². The van der Waals surface area contributed by atoms with E-state index in [-0.39, 0.29) is 25.1 Å². The highest BCUT2D eigenvalue weighted by Crippen LogP contribution is 2.45. The minimum atomic E-state index is -2.64. The predicted octanol–water partition coefficient (Wildman–Crippen LogP) is -3.85. The Morgan fingerprint density at radius 1 is 1.42 bits per heavy atom. The molecule has 0 bridgehead atoms. The second kappa shape index (κ2) is 6.10. The third kappa shape index (κ3) is 2.42. The maximum Gasteiger partial charge on any atom is 0.409 e. The van der Waals surface area contributed by atoms with Crippen LogP contribution in [-0.2, 0) is 14.7 Å². The van der Waals surface area contributed by atoms with Crippen molar-refractivity contribution in [3.63, 3.8) is 0 Å². The normalized spacial score (nSPS) is 34.3. The molecule has 14 nitrogen and oxygen atoms in total. The summed E-state index contributed by atoms with van der Waals surface area (Å²) in [5.74, 6) is -2.82. The summed E-state index contributed by atoms with van der Waals surface area (Å²) in [5.41, 5.74) is 9.97. The van der Waals surface area contributed by atoms with Crippen LogP contribution in [0.5, 0.6) is 0 Å². The summed E-state index contributed by atoms with van der Waals surface area (Å²) < 4.78 is 5.13. The Morgan fingerprint density at radius 3 is 2.73 bits per heavy atom. The fraction of sp³-hybridized carbons (Fsp3) is 0.750. The molecule has 4 atom stereocenters. The quantitative estimate of drug-likeness (QED) is 0.160. The average molecular weight is 375 g/mol. The van der Waals surface area contributed by atoms with Gasteiger partial charge in [-0.05, 0) is 0 Å². The van der Waals surface area contributed by atoms with Crippen LogP contribution in [0.3, 0.4) is 0 Å². The molecule has 3 aliphatic rings. The number of carbonyl (C=O) groups is 1. The molecule has 1 fully saturated rings.